The molecule has 0 saturated carbocycles. The molecule has 5 nitrogen and oxygen atoms in total. The fourth-order valence-corrected chi connectivity index (χ4v) is 2.95. The molecule has 0 aliphatic carbocycles. The molecule has 25 heavy (non-hydrogen) atoms. The normalized spacial score (nSPS) is 20.3. The van der Waals surface area contributed by atoms with Crippen LogP contribution in [-0.2, 0) is 15.8 Å². The van der Waals surface area contributed by atoms with Crippen LogP contribution in [0.5, 0.6) is 0 Å². The molecule has 0 aromatic heterocycles. The first-order valence-electron chi connectivity index (χ1n) is 7.64. The number of rotatable bonds is 3. The standard InChI is InChI=1S/C17H20F3N3O2/c1-16(15(25)22(3)4)10-9-13(14(24)21-2)23(16)12-7-5-11(6-8-12)17(18,19)20/h5-9H,10H2,1-4H3,(H,21,24). The third-order valence-electron chi connectivity index (χ3n) is 4.21. The number of hydrogen-bond acceptors (Lipinski definition) is 3. The Balaban J connectivity index is 2.51. The lowest BCUT2D eigenvalue weighted by Crippen LogP contribution is -2.55. The summed E-state index contributed by atoms with van der Waals surface area (Å²) in [6, 6.07) is 4.42. The summed E-state index contributed by atoms with van der Waals surface area (Å²) in [4.78, 5) is 27.7. The average molecular weight is 355 g/mol. The van der Waals surface area contributed by atoms with Crippen molar-refractivity contribution in [2.24, 2.45) is 0 Å². The van der Waals surface area contributed by atoms with Crippen LogP contribution in [0.1, 0.15) is 18.9 Å². The highest BCUT2D eigenvalue weighted by molar-refractivity contribution is 6.03. The van der Waals surface area contributed by atoms with Gasteiger partial charge in [0.25, 0.3) is 5.91 Å². The molecule has 1 aliphatic heterocycles. The summed E-state index contributed by atoms with van der Waals surface area (Å²) in [7, 11) is 4.64. The van der Waals surface area contributed by atoms with E-state index in [0.717, 1.165) is 12.1 Å². The van der Waals surface area contributed by atoms with Gasteiger partial charge in [0.1, 0.15) is 11.2 Å². The minimum atomic E-state index is -4.45. The molecule has 0 fully saturated rings. The van der Waals surface area contributed by atoms with E-state index in [4.69, 9.17) is 0 Å². The molecule has 2 amide bonds. The second-order valence-corrected chi connectivity index (χ2v) is 6.23. The van der Waals surface area contributed by atoms with Crippen LogP contribution in [0, 0.1) is 0 Å². The summed E-state index contributed by atoms with van der Waals surface area (Å²) in [5.41, 5.74) is -1.30. The van der Waals surface area contributed by atoms with Gasteiger partial charge in [-0.3, -0.25) is 9.59 Å². The summed E-state index contributed by atoms with van der Waals surface area (Å²) in [5, 5.41) is 2.49. The molecule has 136 valence electrons. The number of nitrogens with zero attached hydrogens (tertiary/aromatic N) is 2. The Hall–Kier alpha value is -2.51. The molecule has 1 heterocycles. The number of nitrogens with one attached hydrogen (secondary N) is 1. The zero-order chi connectivity index (χ0) is 19.0. The van der Waals surface area contributed by atoms with Crippen molar-refractivity contribution >= 4 is 17.5 Å². The van der Waals surface area contributed by atoms with E-state index in [0.29, 0.717) is 5.69 Å². The van der Waals surface area contributed by atoms with Crippen molar-refractivity contribution in [1.82, 2.24) is 10.2 Å². The quantitative estimate of drug-likeness (QED) is 0.906. The lowest BCUT2D eigenvalue weighted by atomic mass is 9.96. The van der Waals surface area contributed by atoms with Crippen LogP contribution in [0.4, 0.5) is 18.9 Å². The van der Waals surface area contributed by atoms with E-state index in [2.05, 4.69) is 5.32 Å². The number of hydrogen-bond donors (Lipinski definition) is 1. The smallest absolute Gasteiger partial charge is 0.354 e. The van der Waals surface area contributed by atoms with E-state index >= 15 is 0 Å². The minimum Gasteiger partial charge on any atom is -0.354 e. The Bertz CT molecular complexity index is 711. The molecule has 0 radical (unpaired) electrons. The molecule has 1 aliphatic rings. The average Bonchev–Trinajstić information content (AvgIpc) is 2.91. The molecule has 8 heteroatoms. The van der Waals surface area contributed by atoms with Gasteiger partial charge in [0.05, 0.1) is 5.56 Å². The van der Waals surface area contributed by atoms with Gasteiger partial charge in [-0.2, -0.15) is 13.2 Å². The van der Waals surface area contributed by atoms with Crippen molar-refractivity contribution in [1.29, 1.82) is 0 Å². The van der Waals surface area contributed by atoms with Crippen molar-refractivity contribution < 1.29 is 22.8 Å². The molecule has 0 bridgehead atoms. The largest absolute Gasteiger partial charge is 0.416 e. The molecule has 1 atom stereocenters. The van der Waals surface area contributed by atoms with Crippen molar-refractivity contribution in [3.8, 4) is 0 Å². The fraction of sp³-hybridized carbons (Fsp3) is 0.412. The fourth-order valence-electron chi connectivity index (χ4n) is 2.95. The summed E-state index contributed by atoms with van der Waals surface area (Å²) in [6.07, 6.45) is -2.56. The van der Waals surface area contributed by atoms with Crippen molar-refractivity contribution in [3.63, 3.8) is 0 Å². The lowest BCUT2D eigenvalue weighted by Gasteiger charge is -2.39. The van der Waals surface area contributed by atoms with Crippen LogP contribution >= 0.6 is 0 Å². The van der Waals surface area contributed by atoms with E-state index in [1.54, 1.807) is 27.1 Å². The predicted molar refractivity (Wildman–Crippen MR) is 87.8 cm³/mol. The highest BCUT2D eigenvalue weighted by Crippen LogP contribution is 2.39. The van der Waals surface area contributed by atoms with Gasteiger partial charge in [-0.15, -0.1) is 0 Å². The van der Waals surface area contributed by atoms with Crippen LogP contribution in [0.3, 0.4) is 0 Å². The molecule has 0 saturated heterocycles. The second kappa shape index (κ2) is 6.42. The molecule has 1 N–H and O–H groups in total. The predicted octanol–water partition coefficient (Wildman–Crippen LogP) is 2.39. The molecular weight excluding hydrogens is 335 g/mol. The Labute approximate surface area is 144 Å². The van der Waals surface area contributed by atoms with Crippen LogP contribution in [0.25, 0.3) is 0 Å². The zero-order valence-electron chi connectivity index (χ0n) is 14.4. The summed E-state index contributed by atoms with van der Waals surface area (Å²) in [5.74, 6) is -0.655. The van der Waals surface area contributed by atoms with Gasteiger partial charge >= 0.3 is 6.18 Å². The number of alkyl halides is 3. The monoisotopic (exact) mass is 355 g/mol. The molecule has 1 aromatic rings. The Morgan fingerprint density at radius 2 is 1.76 bits per heavy atom. The van der Waals surface area contributed by atoms with Crippen LogP contribution in [0.15, 0.2) is 36.0 Å². The number of halogens is 3. The third-order valence-corrected chi connectivity index (χ3v) is 4.21. The first-order valence-corrected chi connectivity index (χ1v) is 7.64. The van der Waals surface area contributed by atoms with E-state index in [9.17, 15) is 22.8 Å². The molecule has 1 aromatic carbocycles. The zero-order valence-corrected chi connectivity index (χ0v) is 14.4. The van der Waals surface area contributed by atoms with Crippen LogP contribution in [-0.4, -0.2) is 43.4 Å². The van der Waals surface area contributed by atoms with Gasteiger partial charge in [0, 0.05) is 33.3 Å². The summed E-state index contributed by atoms with van der Waals surface area (Å²) < 4.78 is 38.4. The maximum absolute atomic E-state index is 12.8. The van der Waals surface area contributed by atoms with E-state index in [-0.39, 0.29) is 18.0 Å². The van der Waals surface area contributed by atoms with Crippen molar-refractivity contribution in [2.45, 2.75) is 25.1 Å². The maximum Gasteiger partial charge on any atom is 0.416 e. The third kappa shape index (κ3) is 3.33. The van der Waals surface area contributed by atoms with E-state index in [1.165, 1.54) is 29.0 Å². The first-order chi connectivity index (χ1) is 11.5. The maximum atomic E-state index is 12.8. The van der Waals surface area contributed by atoms with Gasteiger partial charge < -0.3 is 15.1 Å². The minimum absolute atomic E-state index is 0.236. The summed E-state index contributed by atoms with van der Waals surface area (Å²) in [6.45, 7) is 1.67. The number of amides is 2. The number of benzene rings is 1. The van der Waals surface area contributed by atoms with Gasteiger partial charge in [0.15, 0.2) is 0 Å². The van der Waals surface area contributed by atoms with Crippen LogP contribution < -0.4 is 10.2 Å². The molecule has 2 rings (SSSR count). The molecule has 1 unspecified atom stereocenters. The Morgan fingerprint density at radius 3 is 2.20 bits per heavy atom. The Kier molecular flexibility index (Phi) is 4.83. The second-order valence-electron chi connectivity index (χ2n) is 6.23. The number of likely N-dealkylation sites (N-methyl/N-ethyl adjacent to an activating group) is 2. The van der Waals surface area contributed by atoms with Gasteiger partial charge in [0.2, 0.25) is 5.91 Å². The van der Waals surface area contributed by atoms with Crippen molar-refractivity contribution in [2.75, 3.05) is 26.0 Å². The van der Waals surface area contributed by atoms with Crippen LogP contribution in [0.2, 0.25) is 0 Å². The molecule has 0 spiro atoms. The van der Waals surface area contributed by atoms with E-state index < -0.39 is 23.2 Å². The summed E-state index contributed by atoms with van der Waals surface area (Å²) >= 11 is 0. The van der Waals surface area contributed by atoms with E-state index in [1.807, 2.05) is 0 Å². The SMILES string of the molecule is CNC(=O)C1=CCC(C)(C(=O)N(C)C)N1c1ccc(C(F)(F)F)cc1. The van der Waals surface area contributed by atoms with Gasteiger partial charge in [-0.05, 0) is 31.2 Å². The Morgan fingerprint density at radius 1 is 1.20 bits per heavy atom. The number of carbonyl (C=O) groups excluding carboxylic acids is 2. The number of anilines is 1. The van der Waals surface area contributed by atoms with Gasteiger partial charge in [-0.25, -0.2) is 0 Å². The molecular formula is C17H20F3N3O2. The van der Waals surface area contributed by atoms with Crippen molar-refractivity contribution in [3.05, 3.63) is 41.6 Å². The topological polar surface area (TPSA) is 52.7 Å². The highest BCUT2D eigenvalue weighted by atomic mass is 19.4. The van der Waals surface area contributed by atoms with Gasteiger partial charge in [-0.1, -0.05) is 6.08 Å². The lowest BCUT2D eigenvalue weighted by molar-refractivity contribution is -0.137. The highest BCUT2D eigenvalue weighted by Gasteiger charge is 2.47. The first kappa shape index (κ1) is 18.8. The number of carbonyl (C=O) groups is 2.